The van der Waals surface area contributed by atoms with Gasteiger partial charge in [-0.1, -0.05) is 47.9 Å². The van der Waals surface area contributed by atoms with Crippen molar-refractivity contribution in [3.63, 3.8) is 0 Å². The Morgan fingerprint density at radius 2 is 1.90 bits per heavy atom. The first-order valence-corrected chi connectivity index (χ1v) is 9.44. The van der Waals surface area contributed by atoms with Gasteiger partial charge in [0.2, 0.25) is 0 Å². The Labute approximate surface area is 172 Å². The summed E-state index contributed by atoms with van der Waals surface area (Å²) in [6, 6.07) is 11.8. The molecule has 1 amide bonds. The van der Waals surface area contributed by atoms with Gasteiger partial charge in [0.05, 0.1) is 11.7 Å². The molecule has 150 valence electrons. The Morgan fingerprint density at radius 3 is 2.52 bits per heavy atom. The van der Waals surface area contributed by atoms with E-state index in [-0.39, 0.29) is 22.2 Å². The Bertz CT molecular complexity index is 987. The van der Waals surface area contributed by atoms with Gasteiger partial charge in [-0.15, -0.1) is 0 Å². The fraction of sp³-hybridized carbons (Fsp3) is 0.273. The minimum Gasteiger partial charge on any atom is -0.315 e. The highest BCUT2D eigenvalue weighted by Gasteiger charge is 2.38. The summed E-state index contributed by atoms with van der Waals surface area (Å²) < 4.78 is 41.6. The molecule has 2 aromatic carbocycles. The van der Waals surface area contributed by atoms with Crippen LogP contribution in [0.25, 0.3) is 0 Å². The van der Waals surface area contributed by atoms with Crippen molar-refractivity contribution in [1.29, 1.82) is 0 Å². The summed E-state index contributed by atoms with van der Waals surface area (Å²) >= 11 is 5.95. The highest BCUT2D eigenvalue weighted by Crippen LogP contribution is 2.32. The van der Waals surface area contributed by atoms with Crippen LogP contribution >= 0.6 is 11.6 Å². The van der Waals surface area contributed by atoms with E-state index in [9.17, 15) is 18.0 Å². The molecule has 29 heavy (non-hydrogen) atoms. The van der Waals surface area contributed by atoms with Crippen molar-refractivity contribution in [2.24, 2.45) is 10.9 Å². The van der Waals surface area contributed by atoms with Crippen molar-refractivity contribution in [2.45, 2.75) is 32.0 Å². The number of nitrogens with zero attached hydrogens (tertiary/aromatic N) is 1. The van der Waals surface area contributed by atoms with E-state index in [4.69, 9.17) is 11.6 Å². The number of amides is 1. The van der Waals surface area contributed by atoms with Crippen molar-refractivity contribution in [1.82, 2.24) is 0 Å². The summed E-state index contributed by atoms with van der Waals surface area (Å²) in [5, 5.41) is 2.54. The van der Waals surface area contributed by atoms with E-state index in [1.807, 2.05) is 0 Å². The molecule has 7 heteroatoms. The topological polar surface area (TPSA) is 41.5 Å². The lowest BCUT2D eigenvalue weighted by Crippen LogP contribution is -2.26. The normalized spacial score (nSPS) is 15.3. The van der Waals surface area contributed by atoms with Gasteiger partial charge in [-0.2, -0.15) is 13.2 Å². The minimum atomic E-state index is -4.74. The van der Waals surface area contributed by atoms with Crippen LogP contribution in [0.2, 0.25) is 5.02 Å². The summed E-state index contributed by atoms with van der Waals surface area (Å²) in [4.78, 5) is 16.0. The van der Waals surface area contributed by atoms with Crippen LogP contribution in [0.4, 0.5) is 18.9 Å². The number of aliphatic imine (C=N–C) groups is 1. The highest BCUT2D eigenvalue weighted by molar-refractivity contribution is 6.31. The average Bonchev–Trinajstić information content (AvgIpc) is 3.50. The zero-order valence-corrected chi connectivity index (χ0v) is 16.3. The van der Waals surface area contributed by atoms with E-state index in [0.717, 1.165) is 18.9 Å². The van der Waals surface area contributed by atoms with E-state index in [0.29, 0.717) is 5.56 Å². The van der Waals surface area contributed by atoms with Crippen LogP contribution in [0.15, 0.2) is 53.5 Å². The number of carbonyl (C=O) groups is 1. The number of hydrogen-bond acceptors (Lipinski definition) is 2. The molecule has 2 aromatic rings. The van der Waals surface area contributed by atoms with Crippen LogP contribution in [-0.2, 0) is 4.79 Å². The van der Waals surface area contributed by atoms with Crippen LogP contribution in [0.5, 0.6) is 0 Å². The smallest absolute Gasteiger partial charge is 0.315 e. The zero-order chi connectivity index (χ0) is 21.0. The molecular formula is C22H18ClF3N2O. The number of anilines is 1. The quantitative estimate of drug-likeness (QED) is 0.494. The molecule has 1 aliphatic carbocycles. The number of benzene rings is 2. The second-order valence-electron chi connectivity index (χ2n) is 6.75. The fourth-order valence-electron chi connectivity index (χ4n) is 2.67. The molecule has 1 unspecified atom stereocenters. The van der Waals surface area contributed by atoms with Gasteiger partial charge in [-0.3, -0.25) is 9.79 Å². The summed E-state index contributed by atoms with van der Waals surface area (Å²) in [5.41, 5.74) is -0.811. The maximum Gasteiger partial charge on any atom is 0.433 e. The van der Waals surface area contributed by atoms with E-state index in [1.54, 1.807) is 37.3 Å². The van der Waals surface area contributed by atoms with E-state index >= 15 is 0 Å². The number of hydrogen-bond donors (Lipinski definition) is 1. The molecular weight excluding hydrogens is 401 g/mol. The standard InChI is InChI=1S/C22H18ClF3N2O/c1-14(16-5-3-2-4-6-16)27-21(22(24,25)26)18-13-17(23)10-11-19(18)28-20(29)12-9-15-7-8-15/h2-6,10-11,13-15H,7-8H2,1H3,(H,28,29). The molecule has 0 aromatic heterocycles. The first-order chi connectivity index (χ1) is 13.7. The molecule has 0 saturated heterocycles. The molecule has 1 fully saturated rings. The van der Waals surface area contributed by atoms with Gasteiger partial charge >= 0.3 is 6.18 Å². The van der Waals surface area contributed by atoms with Crippen molar-refractivity contribution in [3.05, 3.63) is 64.7 Å². The van der Waals surface area contributed by atoms with Gasteiger partial charge in [0.15, 0.2) is 0 Å². The lowest BCUT2D eigenvalue weighted by Gasteiger charge is -2.17. The van der Waals surface area contributed by atoms with E-state index in [1.165, 1.54) is 12.1 Å². The lowest BCUT2D eigenvalue weighted by molar-refractivity contribution is -0.111. The van der Waals surface area contributed by atoms with Gasteiger partial charge in [0.1, 0.15) is 5.71 Å². The Balaban J connectivity index is 1.99. The van der Waals surface area contributed by atoms with Crippen LogP contribution in [0.3, 0.4) is 0 Å². The first kappa shape index (κ1) is 20.9. The Hall–Kier alpha value is -2.78. The average molecular weight is 419 g/mol. The molecule has 1 saturated carbocycles. The summed E-state index contributed by atoms with van der Waals surface area (Å²) in [6.45, 7) is 1.57. The Kier molecular flexibility index (Phi) is 6.29. The highest BCUT2D eigenvalue weighted by atomic mass is 35.5. The molecule has 0 spiro atoms. The summed E-state index contributed by atoms with van der Waals surface area (Å²) in [5.74, 6) is 4.74. The zero-order valence-electron chi connectivity index (χ0n) is 15.6. The molecule has 1 N–H and O–H groups in total. The molecule has 1 atom stereocenters. The number of carbonyl (C=O) groups excluding carboxylic acids is 1. The van der Waals surface area contributed by atoms with Gasteiger partial charge in [-0.25, -0.2) is 0 Å². The van der Waals surface area contributed by atoms with Crippen LogP contribution < -0.4 is 5.32 Å². The minimum absolute atomic E-state index is 0.0409. The van der Waals surface area contributed by atoms with Gasteiger partial charge in [0.25, 0.3) is 5.91 Å². The maximum absolute atomic E-state index is 13.9. The number of rotatable bonds is 4. The van der Waals surface area contributed by atoms with Gasteiger partial charge < -0.3 is 5.32 Å². The lowest BCUT2D eigenvalue weighted by atomic mass is 10.0. The molecule has 0 heterocycles. The molecule has 1 aliphatic rings. The summed E-state index contributed by atoms with van der Waals surface area (Å²) in [6.07, 6.45) is -2.86. The molecule has 0 aliphatic heterocycles. The Morgan fingerprint density at radius 1 is 1.21 bits per heavy atom. The third-order valence-corrected chi connectivity index (χ3v) is 4.56. The van der Waals surface area contributed by atoms with Gasteiger partial charge in [-0.05, 0) is 49.4 Å². The predicted molar refractivity (Wildman–Crippen MR) is 108 cm³/mol. The van der Waals surface area contributed by atoms with Gasteiger partial charge in [0, 0.05) is 16.5 Å². The SMILES string of the molecule is CC(N=C(c1cc(Cl)ccc1NC(=O)C#CC1CC1)C(F)(F)F)c1ccccc1. The first-order valence-electron chi connectivity index (χ1n) is 9.06. The molecule has 0 bridgehead atoms. The predicted octanol–water partition coefficient (Wildman–Crippen LogP) is 5.80. The van der Waals surface area contributed by atoms with Crippen LogP contribution in [0.1, 0.15) is 36.9 Å². The van der Waals surface area contributed by atoms with E-state index in [2.05, 4.69) is 22.2 Å². The number of halogens is 4. The van der Waals surface area contributed by atoms with Crippen molar-refractivity contribution in [2.75, 3.05) is 5.32 Å². The second kappa shape index (κ2) is 8.71. The second-order valence-corrected chi connectivity index (χ2v) is 7.19. The molecule has 0 radical (unpaired) electrons. The van der Waals surface area contributed by atoms with Crippen molar-refractivity contribution < 1.29 is 18.0 Å². The molecule has 3 rings (SSSR count). The largest absolute Gasteiger partial charge is 0.433 e. The molecule has 3 nitrogen and oxygen atoms in total. The monoisotopic (exact) mass is 418 g/mol. The number of alkyl halides is 3. The summed E-state index contributed by atoms with van der Waals surface area (Å²) in [7, 11) is 0. The van der Waals surface area contributed by atoms with Crippen LogP contribution in [0, 0.1) is 17.8 Å². The van der Waals surface area contributed by atoms with Crippen LogP contribution in [-0.4, -0.2) is 17.8 Å². The third kappa shape index (κ3) is 5.85. The van der Waals surface area contributed by atoms with Crippen molar-refractivity contribution >= 4 is 28.9 Å². The third-order valence-electron chi connectivity index (χ3n) is 4.33. The number of nitrogens with one attached hydrogen (secondary N) is 1. The van der Waals surface area contributed by atoms with Crippen molar-refractivity contribution in [3.8, 4) is 11.8 Å². The fourth-order valence-corrected chi connectivity index (χ4v) is 2.84. The maximum atomic E-state index is 13.9. The van der Waals surface area contributed by atoms with E-state index < -0.39 is 23.8 Å².